The van der Waals surface area contributed by atoms with Gasteiger partial charge in [-0.1, -0.05) is 26.0 Å². The summed E-state index contributed by atoms with van der Waals surface area (Å²) < 4.78 is 0. The molecule has 0 bridgehead atoms. The van der Waals surface area contributed by atoms with Gasteiger partial charge in [-0.3, -0.25) is 9.59 Å². The van der Waals surface area contributed by atoms with E-state index in [1.165, 1.54) is 0 Å². The van der Waals surface area contributed by atoms with Crippen molar-refractivity contribution in [1.82, 2.24) is 5.32 Å². The van der Waals surface area contributed by atoms with Gasteiger partial charge in [0, 0.05) is 6.04 Å². The molecule has 5 atom stereocenters. The van der Waals surface area contributed by atoms with Crippen LogP contribution in [0, 0.1) is 23.7 Å². The highest BCUT2D eigenvalue weighted by Gasteiger charge is 2.35. The summed E-state index contributed by atoms with van der Waals surface area (Å²) in [7, 11) is 0. The molecular formula is C16H25NO3. The third-order valence-corrected chi connectivity index (χ3v) is 5.03. The zero-order valence-corrected chi connectivity index (χ0v) is 12.3. The minimum atomic E-state index is -0.861. The van der Waals surface area contributed by atoms with Gasteiger partial charge in [-0.25, -0.2) is 0 Å². The lowest BCUT2D eigenvalue weighted by Gasteiger charge is -2.34. The van der Waals surface area contributed by atoms with Gasteiger partial charge in [0.2, 0.25) is 5.91 Å². The van der Waals surface area contributed by atoms with Gasteiger partial charge in [-0.2, -0.15) is 0 Å². The fourth-order valence-electron chi connectivity index (χ4n) is 3.36. The molecule has 1 amide bonds. The van der Waals surface area contributed by atoms with Crippen LogP contribution in [0.5, 0.6) is 0 Å². The number of hydrogen-bond donors (Lipinski definition) is 2. The first-order chi connectivity index (χ1) is 9.49. The van der Waals surface area contributed by atoms with Gasteiger partial charge in [0.1, 0.15) is 0 Å². The van der Waals surface area contributed by atoms with E-state index in [2.05, 4.69) is 19.2 Å². The largest absolute Gasteiger partial charge is 0.481 e. The molecule has 0 radical (unpaired) electrons. The normalized spacial score (nSPS) is 37.4. The van der Waals surface area contributed by atoms with Gasteiger partial charge in [0.05, 0.1) is 11.8 Å². The van der Waals surface area contributed by atoms with Gasteiger partial charge >= 0.3 is 5.97 Å². The van der Waals surface area contributed by atoms with Gasteiger partial charge in [-0.05, 0) is 43.9 Å². The van der Waals surface area contributed by atoms with Gasteiger partial charge in [0.15, 0.2) is 0 Å². The minimum absolute atomic E-state index is 0.0755. The maximum absolute atomic E-state index is 12.4. The van der Waals surface area contributed by atoms with Gasteiger partial charge in [0.25, 0.3) is 0 Å². The molecule has 0 aromatic carbocycles. The van der Waals surface area contributed by atoms with E-state index in [4.69, 9.17) is 0 Å². The summed E-state index contributed by atoms with van der Waals surface area (Å²) in [5.74, 6) is -0.580. The standard InChI is InChI=1S/C16H25NO3/c1-10-7-8-12(9-11(10)2)17-15(18)13-5-3-4-6-14(13)16(19)20/h3-4,10-14H,5-9H2,1-2H3,(H,17,18)(H,19,20)/t10?,11?,12?,13-,14+/m1/s1. The fraction of sp³-hybridized carbons (Fsp3) is 0.750. The van der Waals surface area contributed by atoms with Crippen molar-refractivity contribution in [2.75, 3.05) is 0 Å². The van der Waals surface area contributed by atoms with Crippen molar-refractivity contribution >= 4 is 11.9 Å². The van der Waals surface area contributed by atoms with E-state index in [9.17, 15) is 14.7 Å². The van der Waals surface area contributed by atoms with Gasteiger partial charge < -0.3 is 10.4 Å². The highest BCUT2D eigenvalue weighted by molar-refractivity contribution is 5.85. The molecule has 0 aromatic rings. The highest BCUT2D eigenvalue weighted by atomic mass is 16.4. The third kappa shape index (κ3) is 3.41. The lowest BCUT2D eigenvalue weighted by molar-refractivity contribution is -0.147. The number of carboxylic acids is 1. The molecule has 0 heterocycles. The molecular weight excluding hydrogens is 254 g/mol. The van der Waals surface area contributed by atoms with Crippen molar-refractivity contribution in [2.24, 2.45) is 23.7 Å². The topological polar surface area (TPSA) is 66.4 Å². The van der Waals surface area contributed by atoms with Crippen molar-refractivity contribution in [3.05, 3.63) is 12.2 Å². The number of carbonyl (C=O) groups excluding carboxylic acids is 1. The minimum Gasteiger partial charge on any atom is -0.481 e. The summed E-state index contributed by atoms with van der Waals surface area (Å²) in [4.78, 5) is 23.6. The number of hydrogen-bond acceptors (Lipinski definition) is 2. The Balaban J connectivity index is 1.94. The summed E-state index contributed by atoms with van der Waals surface area (Å²) >= 11 is 0. The van der Waals surface area contributed by atoms with E-state index >= 15 is 0 Å². The zero-order chi connectivity index (χ0) is 14.7. The number of carbonyl (C=O) groups is 2. The second-order valence-electron chi connectivity index (χ2n) is 6.47. The summed E-state index contributed by atoms with van der Waals surface area (Å²) in [6, 6.07) is 0.217. The maximum atomic E-state index is 12.4. The highest BCUT2D eigenvalue weighted by Crippen LogP contribution is 2.31. The Hall–Kier alpha value is -1.32. The van der Waals surface area contributed by atoms with Crippen LogP contribution in [-0.2, 0) is 9.59 Å². The Kier molecular flexibility index (Phi) is 4.84. The van der Waals surface area contributed by atoms with Crippen LogP contribution in [0.15, 0.2) is 12.2 Å². The van der Waals surface area contributed by atoms with Gasteiger partial charge in [-0.15, -0.1) is 0 Å². The van der Waals surface area contributed by atoms with Crippen LogP contribution in [0.2, 0.25) is 0 Å². The lowest BCUT2D eigenvalue weighted by atomic mass is 9.78. The van der Waals surface area contributed by atoms with Crippen LogP contribution < -0.4 is 5.32 Å². The molecule has 2 aliphatic carbocycles. The number of allylic oxidation sites excluding steroid dienone is 2. The first-order valence-electron chi connectivity index (χ1n) is 7.67. The molecule has 4 nitrogen and oxygen atoms in total. The molecule has 2 aliphatic rings. The fourth-order valence-corrected chi connectivity index (χ4v) is 3.36. The molecule has 0 saturated heterocycles. The summed E-state index contributed by atoms with van der Waals surface area (Å²) in [6.45, 7) is 4.49. The smallest absolute Gasteiger partial charge is 0.307 e. The lowest BCUT2D eigenvalue weighted by Crippen LogP contribution is -2.45. The number of amides is 1. The van der Waals surface area contributed by atoms with E-state index in [0.717, 1.165) is 19.3 Å². The molecule has 0 spiro atoms. The summed E-state index contributed by atoms with van der Waals surface area (Å²) in [5.41, 5.74) is 0. The average molecular weight is 279 g/mol. The Morgan fingerprint density at radius 3 is 2.30 bits per heavy atom. The Morgan fingerprint density at radius 2 is 1.70 bits per heavy atom. The van der Waals surface area contributed by atoms with Crippen molar-refractivity contribution in [3.8, 4) is 0 Å². The third-order valence-electron chi connectivity index (χ3n) is 5.03. The monoisotopic (exact) mass is 279 g/mol. The second-order valence-corrected chi connectivity index (χ2v) is 6.47. The SMILES string of the molecule is CC1CCC(NC(=O)[C@@H]2CC=CC[C@@H]2C(=O)O)CC1C. The number of aliphatic carboxylic acids is 1. The molecule has 2 N–H and O–H groups in total. The predicted octanol–water partition coefficient (Wildman–Crippen LogP) is 2.59. The van der Waals surface area contributed by atoms with Crippen LogP contribution in [0.4, 0.5) is 0 Å². The molecule has 1 saturated carbocycles. The van der Waals surface area contributed by atoms with Crippen LogP contribution >= 0.6 is 0 Å². The van der Waals surface area contributed by atoms with Crippen LogP contribution in [-0.4, -0.2) is 23.0 Å². The van der Waals surface area contributed by atoms with Crippen LogP contribution in [0.25, 0.3) is 0 Å². The number of nitrogens with one attached hydrogen (secondary N) is 1. The van der Waals surface area contributed by atoms with Crippen LogP contribution in [0.1, 0.15) is 46.0 Å². The Labute approximate surface area is 120 Å². The van der Waals surface area contributed by atoms with E-state index < -0.39 is 17.8 Å². The molecule has 1 fully saturated rings. The van der Waals surface area contributed by atoms with E-state index in [-0.39, 0.29) is 11.9 Å². The second kappa shape index (κ2) is 6.42. The van der Waals surface area contributed by atoms with Crippen molar-refractivity contribution in [1.29, 1.82) is 0 Å². The molecule has 20 heavy (non-hydrogen) atoms. The van der Waals surface area contributed by atoms with Crippen LogP contribution in [0.3, 0.4) is 0 Å². The predicted molar refractivity (Wildman–Crippen MR) is 77.1 cm³/mol. The van der Waals surface area contributed by atoms with E-state index in [0.29, 0.717) is 24.7 Å². The molecule has 0 aromatic heterocycles. The van der Waals surface area contributed by atoms with E-state index in [1.54, 1.807) is 0 Å². The summed E-state index contributed by atoms with van der Waals surface area (Å²) in [5, 5.41) is 12.3. The number of rotatable bonds is 3. The van der Waals surface area contributed by atoms with Crippen molar-refractivity contribution in [3.63, 3.8) is 0 Å². The Bertz CT molecular complexity index is 405. The zero-order valence-electron chi connectivity index (χ0n) is 12.3. The van der Waals surface area contributed by atoms with E-state index in [1.807, 2.05) is 12.2 Å². The van der Waals surface area contributed by atoms with Crippen molar-refractivity contribution < 1.29 is 14.7 Å². The first-order valence-corrected chi connectivity index (χ1v) is 7.67. The molecule has 2 rings (SSSR count). The first kappa shape index (κ1) is 15.1. The summed E-state index contributed by atoms with van der Waals surface area (Å²) in [6.07, 6.45) is 7.96. The quantitative estimate of drug-likeness (QED) is 0.780. The molecule has 3 unspecified atom stereocenters. The van der Waals surface area contributed by atoms with Crippen molar-refractivity contribution in [2.45, 2.75) is 52.0 Å². The molecule has 4 heteroatoms. The molecule has 0 aliphatic heterocycles. The Morgan fingerprint density at radius 1 is 1.05 bits per heavy atom. The molecule has 112 valence electrons. The maximum Gasteiger partial charge on any atom is 0.307 e. The number of carboxylic acid groups (broad SMARTS) is 1. The average Bonchev–Trinajstić information content (AvgIpc) is 2.43.